The zero-order valence-electron chi connectivity index (χ0n) is 19.3. The maximum atomic E-state index is 13.3. The maximum Gasteiger partial charge on any atom is 0.254 e. The van der Waals surface area contributed by atoms with Crippen LogP contribution in [0.2, 0.25) is 0 Å². The summed E-state index contributed by atoms with van der Waals surface area (Å²) in [5, 5.41) is 5.18. The molecule has 9 heteroatoms. The van der Waals surface area contributed by atoms with Crippen LogP contribution in [0.1, 0.15) is 27.3 Å². The summed E-state index contributed by atoms with van der Waals surface area (Å²) in [5.41, 5.74) is 3.47. The molecule has 174 valence electrons. The largest absolute Gasteiger partial charge is 0.486 e. The topological polar surface area (TPSA) is 81.9 Å². The van der Waals surface area contributed by atoms with Crippen molar-refractivity contribution in [2.75, 3.05) is 20.2 Å². The van der Waals surface area contributed by atoms with E-state index >= 15 is 0 Å². The molecule has 0 aliphatic carbocycles. The molecule has 2 aromatic heterocycles. The SMILES string of the molecule is Cc1cc(C)n2nc(SCc3ccccc3C(=O)N(C)C[C@@H]3COc4ccccc4O3)nc2n1. The minimum atomic E-state index is -0.230. The lowest BCUT2D eigenvalue weighted by Crippen LogP contribution is -2.42. The smallest absolute Gasteiger partial charge is 0.254 e. The number of likely N-dealkylation sites (N-methyl/N-ethyl adjacent to an activating group) is 1. The summed E-state index contributed by atoms with van der Waals surface area (Å²) in [6.07, 6.45) is -0.230. The van der Waals surface area contributed by atoms with Crippen molar-refractivity contribution in [2.45, 2.75) is 30.9 Å². The molecule has 1 atom stereocenters. The number of para-hydroxylation sites is 2. The summed E-state index contributed by atoms with van der Waals surface area (Å²) < 4.78 is 13.6. The van der Waals surface area contributed by atoms with Crippen molar-refractivity contribution in [2.24, 2.45) is 0 Å². The zero-order chi connectivity index (χ0) is 23.7. The lowest BCUT2D eigenvalue weighted by Gasteiger charge is -2.29. The van der Waals surface area contributed by atoms with Gasteiger partial charge in [0.1, 0.15) is 6.61 Å². The molecular formula is C25H25N5O3S. The van der Waals surface area contributed by atoms with Crippen LogP contribution in [-0.2, 0) is 5.75 Å². The van der Waals surface area contributed by atoms with Gasteiger partial charge in [0.05, 0.1) is 6.54 Å². The summed E-state index contributed by atoms with van der Waals surface area (Å²) >= 11 is 1.49. The second-order valence-electron chi connectivity index (χ2n) is 8.27. The van der Waals surface area contributed by atoms with Gasteiger partial charge in [0.2, 0.25) is 5.16 Å². The second-order valence-corrected chi connectivity index (χ2v) is 9.22. The van der Waals surface area contributed by atoms with Gasteiger partial charge < -0.3 is 14.4 Å². The number of ether oxygens (including phenoxy) is 2. The fourth-order valence-corrected chi connectivity index (χ4v) is 4.78. The molecule has 1 aliphatic heterocycles. The minimum absolute atomic E-state index is 0.0604. The number of benzene rings is 2. The van der Waals surface area contributed by atoms with Crippen molar-refractivity contribution >= 4 is 23.4 Å². The molecule has 5 rings (SSSR count). The predicted octanol–water partition coefficient (Wildman–Crippen LogP) is 3.95. The number of hydrogen-bond acceptors (Lipinski definition) is 7. The molecule has 8 nitrogen and oxygen atoms in total. The predicted molar refractivity (Wildman–Crippen MR) is 130 cm³/mol. The highest BCUT2D eigenvalue weighted by Gasteiger charge is 2.25. The van der Waals surface area contributed by atoms with Crippen LogP contribution in [0.25, 0.3) is 5.78 Å². The van der Waals surface area contributed by atoms with Gasteiger partial charge in [-0.2, -0.15) is 4.98 Å². The number of nitrogens with zero attached hydrogens (tertiary/aromatic N) is 5. The molecule has 34 heavy (non-hydrogen) atoms. The van der Waals surface area contributed by atoms with Crippen molar-refractivity contribution in [1.29, 1.82) is 0 Å². The van der Waals surface area contributed by atoms with Crippen LogP contribution < -0.4 is 9.47 Å². The van der Waals surface area contributed by atoms with E-state index < -0.39 is 0 Å². The third-order valence-electron chi connectivity index (χ3n) is 5.60. The van der Waals surface area contributed by atoms with Gasteiger partial charge in [-0.1, -0.05) is 42.1 Å². The number of aromatic nitrogens is 4. The van der Waals surface area contributed by atoms with Crippen molar-refractivity contribution in [3.05, 3.63) is 77.1 Å². The first-order valence-corrected chi connectivity index (χ1v) is 12.0. The Bertz CT molecular complexity index is 1360. The number of fused-ring (bicyclic) bond motifs is 2. The molecule has 1 aliphatic rings. The van der Waals surface area contributed by atoms with Gasteiger partial charge in [0.25, 0.3) is 11.7 Å². The van der Waals surface area contributed by atoms with Gasteiger partial charge in [-0.15, -0.1) is 5.10 Å². The van der Waals surface area contributed by atoms with Crippen LogP contribution >= 0.6 is 11.8 Å². The highest BCUT2D eigenvalue weighted by molar-refractivity contribution is 7.98. The molecule has 0 N–H and O–H groups in total. The Morgan fingerprint density at radius 3 is 2.74 bits per heavy atom. The summed E-state index contributed by atoms with van der Waals surface area (Å²) in [6.45, 7) is 4.75. The number of thioether (sulfide) groups is 1. The molecule has 0 saturated carbocycles. The average molecular weight is 476 g/mol. The van der Waals surface area contributed by atoms with Gasteiger partial charge in [-0.05, 0) is 43.7 Å². The van der Waals surface area contributed by atoms with E-state index in [1.54, 1.807) is 16.5 Å². The number of carbonyl (C=O) groups excluding carboxylic acids is 1. The molecule has 4 aromatic rings. The highest BCUT2D eigenvalue weighted by atomic mass is 32.2. The molecule has 1 amide bonds. The molecule has 0 saturated heterocycles. The summed E-state index contributed by atoms with van der Waals surface area (Å²) in [7, 11) is 1.79. The Kier molecular flexibility index (Phi) is 6.10. The summed E-state index contributed by atoms with van der Waals surface area (Å²) in [4.78, 5) is 24.0. The molecule has 3 heterocycles. The van der Waals surface area contributed by atoms with E-state index in [4.69, 9.17) is 9.47 Å². The lowest BCUT2D eigenvalue weighted by atomic mass is 10.1. The van der Waals surface area contributed by atoms with Crippen LogP contribution in [-0.4, -0.2) is 56.7 Å². The molecule has 0 unspecified atom stereocenters. The monoisotopic (exact) mass is 475 g/mol. The molecule has 0 spiro atoms. The van der Waals surface area contributed by atoms with E-state index in [0.29, 0.717) is 41.2 Å². The molecule has 2 aromatic carbocycles. The van der Waals surface area contributed by atoms with Gasteiger partial charge >= 0.3 is 0 Å². The van der Waals surface area contributed by atoms with E-state index in [9.17, 15) is 4.79 Å². The number of hydrogen-bond donors (Lipinski definition) is 0. The Labute approximate surface area is 201 Å². The molecule has 0 bridgehead atoms. The van der Waals surface area contributed by atoms with E-state index in [-0.39, 0.29) is 12.0 Å². The van der Waals surface area contributed by atoms with Crippen molar-refractivity contribution in [1.82, 2.24) is 24.5 Å². The Morgan fingerprint density at radius 1 is 1.12 bits per heavy atom. The average Bonchev–Trinajstić information content (AvgIpc) is 3.25. The summed E-state index contributed by atoms with van der Waals surface area (Å²) in [5.74, 6) is 2.53. The van der Waals surface area contributed by atoms with E-state index in [1.807, 2.05) is 68.4 Å². The van der Waals surface area contributed by atoms with Crippen LogP contribution in [0.5, 0.6) is 11.5 Å². The maximum absolute atomic E-state index is 13.3. The summed E-state index contributed by atoms with van der Waals surface area (Å²) in [6, 6.07) is 17.2. The van der Waals surface area contributed by atoms with Crippen LogP contribution in [0.4, 0.5) is 0 Å². The fraction of sp³-hybridized carbons (Fsp3) is 0.280. The Morgan fingerprint density at radius 2 is 1.88 bits per heavy atom. The van der Waals surface area contributed by atoms with Gasteiger partial charge in [-0.3, -0.25) is 4.79 Å². The zero-order valence-corrected chi connectivity index (χ0v) is 20.1. The number of rotatable bonds is 6. The van der Waals surface area contributed by atoms with Crippen molar-refractivity contribution < 1.29 is 14.3 Å². The number of amides is 1. The fourth-order valence-electron chi connectivity index (χ4n) is 3.95. The molecular weight excluding hydrogens is 450 g/mol. The molecule has 0 fully saturated rings. The van der Waals surface area contributed by atoms with Gasteiger partial charge in [0.15, 0.2) is 17.6 Å². The standard InChI is InChI=1S/C25H25N5O3S/c1-16-12-17(2)30-24(26-16)27-25(28-30)34-15-18-8-4-5-9-20(18)23(31)29(3)13-19-14-32-21-10-6-7-11-22(21)33-19/h4-12,19H,13-15H2,1-3H3/t19-/m1/s1. The number of carbonyl (C=O) groups is 1. The Balaban J connectivity index is 1.27. The third-order valence-corrected chi connectivity index (χ3v) is 6.48. The first kappa shape index (κ1) is 22.2. The van der Waals surface area contributed by atoms with Crippen molar-refractivity contribution in [3.8, 4) is 11.5 Å². The molecule has 0 radical (unpaired) electrons. The third kappa shape index (κ3) is 4.56. The first-order chi connectivity index (χ1) is 16.5. The second kappa shape index (κ2) is 9.34. The van der Waals surface area contributed by atoms with Crippen molar-refractivity contribution in [3.63, 3.8) is 0 Å². The van der Waals surface area contributed by atoms with Crippen LogP contribution in [0.15, 0.2) is 59.8 Å². The minimum Gasteiger partial charge on any atom is -0.486 e. The van der Waals surface area contributed by atoms with Crippen LogP contribution in [0, 0.1) is 13.8 Å². The first-order valence-electron chi connectivity index (χ1n) is 11.0. The lowest BCUT2D eigenvalue weighted by molar-refractivity contribution is 0.0520. The normalized spacial score (nSPS) is 14.9. The van der Waals surface area contributed by atoms with E-state index in [0.717, 1.165) is 22.7 Å². The van der Waals surface area contributed by atoms with E-state index in [1.165, 1.54) is 11.8 Å². The quantitative estimate of drug-likeness (QED) is 0.391. The van der Waals surface area contributed by atoms with Gasteiger partial charge in [0, 0.05) is 29.8 Å². The van der Waals surface area contributed by atoms with E-state index in [2.05, 4.69) is 15.1 Å². The highest BCUT2D eigenvalue weighted by Crippen LogP contribution is 2.31. The number of aryl methyl sites for hydroxylation is 2. The Hall–Kier alpha value is -3.59. The van der Waals surface area contributed by atoms with Gasteiger partial charge in [-0.25, -0.2) is 9.50 Å². The van der Waals surface area contributed by atoms with Crippen LogP contribution in [0.3, 0.4) is 0 Å².